The molecule has 0 saturated carbocycles. The van der Waals surface area contributed by atoms with E-state index in [-0.39, 0.29) is 6.54 Å². The fourth-order valence-corrected chi connectivity index (χ4v) is 4.33. The van der Waals surface area contributed by atoms with E-state index >= 15 is 0 Å². The number of ether oxygens (including phenoxy) is 1. The Bertz CT molecular complexity index is 997. The van der Waals surface area contributed by atoms with E-state index in [0.717, 1.165) is 27.3 Å². The van der Waals surface area contributed by atoms with Gasteiger partial charge in [0.05, 0.1) is 18.5 Å². The van der Waals surface area contributed by atoms with E-state index in [2.05, 4.69) is 5.32 Å². The number of rotatable bonds is 3. The number of nitrogens with one attached hydrogen (secondary N) is 1. The van der Waals surface area contributed by atoms with Gasteiger partial charge in [-0.15, -0.1) is 0 Å². The van der Waals surface area contributed by atoms with Crippen LogP contribution in [-0.4, -0.2) is 33.2 Å². The van der Waals surface area contributed by atoms with Gasteiger partial charge in [0.1, 0.15) is 5.75 Å². The summed E-state index contributed by atoms with van der Waals surface area (Å²) in [7, 11) is -3.60. The van der Waals surface area contributed by atoms with Gasteiger partial charge in [-0.2, -0.15) is 0 Å². The van der Waals surface area contributed by atoms with Crippen molar-refractivity contribution in [2.45, 2.75) is 26.9 Å². The molecule has 1 N–H and O–H groups in total. The van der Waals surface area contributed by atoms with Crippen LogP contribution in [0.5, 0.6) is 5.75 Å². The van der Waals surface area contributed by atoms with Crippen molar-refractivity contribution in [3.63, 3.8) is 0 Å². The van der Waals surface area contributed by atoms with E-state index in [1.807, 2.05) is 32.9 Å². The maximum Gasteiger partial charge on any atom is 0.267 e. The molecule has 1 heterocycles. The lowest BCUT2D eigenvalue weighted by Gasteiger charge is -2.34. The van der Waals surface area contributed by atoms with E-state index in [1.165, 1.54) is 6.07 Å². The second-order valence-electron chi connectivity index (χ2n) is 6.78. The molecule has 0 unspecified atom stereocenters. The zero-order chi connectivity index (χ0) is 19.9. The highest BCUT2D eigenvalue weighted by atomic mass is 35.5. The van der Waals surface area contributed by atoms with Crippen LogP contribution in [0.2, 0.25) is 5.02 Å². The lowest BCUT2D eigenvalue weighted by molar-refractivity contribution is -0.122. The Labute approximate surface area is 164 Å². The Balaban J connectivity index is 1.92. The highest BCUT2D eigenvalue weighted by molar-refractivity contribution is 7.92. The average Bonchev–Trinajstić information content (AvgIpc) is 2.56. The van der Waals surface area contributed by atoms with Crippen molar-refractivity contribution in [1.82, 2.24) is 0 Å². The SMILES string of the molecule is Cc1cc(C)c(NC(=O)[C@H]2CN(S(C)(=O)=O)c3cc(Cl)ccc3O2)c(C)c1. The van der Waals surface area contributed by atoms with Crippen molar-refractivity contribution in [2.75, 3.05) is 22.4 Å². The number of halogens is 1. The van der Waals surface area contributed by atoms with Gasteiger partial charge in [-0.05, 0) is 50.1 Å². The van der Waals surface area contributed by atoms with Crippen molar-refractivity contribution in [3.05, 3.63) is 52.0 Å². The number of amides is 1. The monoisotopic (exact) mass is 408 g/mol. The van der Waals surface area contributed by atoms with E-state index in [0.29, 0.717) is 22.1 Å². The first-order chi connectivity index (χ1) is 12.6. The van der Waals surface area contributed by atoms with Crippen LogP contribution in [0.15, 0.2) is 30.3 Å². The third-order valence-corrected chi connectivity index (χ3v) is 5.79. The lowest BCUT2D eigenvalue weighted by atomic mass is 10.0. The second-order valence-corrected chi connectivity index (χ2v) is 9.12. The van der Waals surface area contributed by atoms with Crippen molar-refractivity contribution >= 4 is 38.9 Å². The fourth-order valence-electron chi connectivity index (χ4n) is 3.26. The molecule has 6 nitrogen and oxygen atoms in total. The topological polar surface area (TPSA) is 75.7 Å². The number of hydrogen-bond acceptors (Lipinski definition) is 4. The summed E-state index contributed by atoms with van der Waals surface area (Å²) in [6.45, 7) is 5.69. The molecule has 144 valence electrons. The minimum absolute atomic E-state index is 0.123. The summed E-state index contributed by atoms with van der Waals surface area (Å²) in [5.41, 5.74) is 4.01. The number of hydrogen-bond donors (Lipinski definition) is 1. The number of sulfonamides is 1. The summed E-state index contributed by atoms with van der Waals surface area (Å²) in [6.07, 6.45) is 0.111. The fraction of sp³-hybridized carbons (Fsp3) is 0.316. The van der Waals surface area contributed by atoms with Crippen molar-refractivity contribution < 1.29 is 17.9 Å². The molecule has 1 amide bonds. The predicted octanol–water partition coefficient (Wildman–Crippen LogP) is 3.43. The van der Waals surface area contributed by atoms with Crippen LogP contribution in [0, 0.1) is 20.8 Å². The average molecular weight is 409 g/mol. The molecule has 0 spiro atoms. The molecule has 27 heavy (non-hydrogen) atoms. The Morgan fingerprint density at radius 3 is 2.41 bits per heavy atom. The molecule has 0 saturated heterocycles. The number of carbonyl (C=O) groups is 1. The first-order valence-electron chi connectivity index (χ1n) is 8.39. The Morgan fingerprint density at radius 2 is 1.81 bits per heavy atom. The minimum atomic E-state index is -3.60. The van der Waals surface area contributed by atoms with Crippen molar-refractivity contribution in [3.8, 4) is 5.75 Å². The summed E-state index contributed by atoms with van der Waals surface area (Å²) >= 11 is 5.99. The zero-order valence-electron chi connectivity index (χ0n) is 15.5. The van der Waals surface area contributed by atoms with Gasteiger partial charge in [0.15, 0.2) is 6.10 Å². The quantitative estimate of drug-likeness (QED) is 0.844. The maximum absolute atomic E-state index is 12.8. The molecule has 3 rings (SSSR count). The third-order valence-electron chi connectivity index (χ3n) is 4.41. The summed E-state index contributed by atoms with van der Waals surface area (Å²) < 4.78 is 31.4. The van der Waals surface area contributed by atoms with Gasteiger partial charge >= 0.3 is 0 Å². The normalized spacial score (nSPS) is 16.5. The molecule has 0 radical (unpaired) electrons. The molecular formula is C19H21ClN2O4S. The molecule has 1 atom stereocenters. The smallest absolute Gasteiger partial charge is 0.267 e. The lowest BCUT2D eigenvalue weighted by Crippen LogP contribution is -2.48. The maximum atomic E-state index is 12.8. The van der Waals surface area contributed by atoms with Crippen molar-refractivity contribution in [2.24, 2.45) is 0 Å². The standard InChI is InChI=1S/C19H21ClN2O4S/c1-11-7-12(2)18(13(3)8-11)21-19(23)17-10-22(27(4,24)25)15-9-14(20)5-6-16(15)26-17/h5-9,17H,10H2,1-4H3,(H,21,23)/t17-/m1/s1. The van der Waals surface area contributed by atoms with E-state index in [4.69, 9.17) is 16.3 Å². The number of fused-ring (bicyclic) bond motifs is 1. The van der Waals surface area contributed by atoms with E-state index in [1.54, 1.807) is 12.1 Å². The number of nitrogens with zero attached hydrogens (tertiary/aromatic N) is 1. The van der Waals surface area contributed by atoms with Gasteiger partial charge in [-0.3, -0.25) is 9.10 Å². The molecule has 1 aliphatic rings. The summed E-state index contributed by atoms with van der Waals surface area (Å²) in [6, 6.07) is 8.63. The molecular weight excluding hydrogens is 388 g/mol. The number of benzene rings is 2. The highest BCUT2D eigenvalue weighted by Crippen LogP contribution is 2.37. The van der Waals surface area contributed by atoms with Crippen LogP contribution >= 0.6 is 11.6 Å². The molecule has 8 heteroatoms. The first-order valence-corrected chi connectivity index (χ1v) is 10.6. The number of anilines is 2. The number of carbonyl (C=O) groups excluding carboxylic acids is 1. The molecule has 0 aliphatic carbocycles. The van der Waals surface area contributed by atoms with Gasteiger partial charge in [-0.25, -0.2) is 8.42 Å². The minimum Gasteiger partial charge on any atom is -0.476 e. The van der Waals surface area contributed by atoms with Crippen LogP contribution in [0.4, 0.5) is 11.4 Å². The molecule has 1 aliphatic heterocycles. The van der Waals surface area contributed by atoms with Gasteiger partial charge in [0.25, 0.3) is 5.91 Å². The predicted molar refractivity (Wildman–Crippen MR) is 107 cm³/mol. The summed E-state index contributed by atoms with van der Waals surface area (Å²) in [5.74, 6) is -0.104. The largest absolute Gasteiger partial charge is 0.476 e. The van der Waals surface area contributed by atoms with Gasteiger partial charge in [0.2, 0.25) is 10.0 Å². The van der Waals surface area contributed by atoms with Crippen LogP contribution < -0.4 is 14.4 Å². The Kier molecular flexibility index (Phi) is 5.10. The van der Waals surface area contributed by atoms with Gasteiger partial charge in [0, 0.05) is 10.7 Å². The Hall–Kier alpha value is -2.25. The Morgan fingerprint density at radius 1 is 1.19 bits per heavy atom. The third kappa shape index (κ3) is 4.04. The van der Waals surface area contributed by atoms with Crippen LogP contribution in [0.1, 0.15) is 16.7 Å². The summed E-state index contributed by atoms with van der Waals surface area (Å²) in [5, 5.41) is 3.27. The van der Waals surface area contributed by atoms with Crippen LogP contribution in [0.3, 0.4) is 0 Å². The number of aryl methyl sites for hydroxylation is 3. The van der Waals surface area contributed by atoms with E-state index < -0.39 is 22.0 Å². The molecule has 0 bridgehead atoms. The van der Waals surface area contributed by atoms with E-state index in [9.17, 15) is 13.2 Å². The molecule has 0 aromatic heterocycles. The van der Waals surface area contributed by atoms with Crippen LogP contribution in [-0.2, 0) is 14.8 Å². The molecule has 2 aromatic carbocycles. The van der Waals surface area contributed by atoms with Crippen molar-refractivity contribution in [1.29, 1.82) is 0 Å². The van der Waals surface area contributed by atoms with Gasteiger partial charge in [-0.1, -0.05) is 29.3 Å². The molecule has 0 fully saturated rings. The van der Waals surface area contributed by atoms with Crippen LogP contribution in [0.25, 0.3) is 0 Å². The first kappa shape index (κ1) is 19.5. The summed E-state index contributed by atoms with van der Waals surface area (Å²) in [4.78, 5) is 12.8. The zero-order valence-corrected chi connectivity index (χ0v) is 17.1. The van der Waals surface area contributed by atoms with Gasteiger partial charge < -0.3 is 10.1 Å². The molecule has 2 aromatic rings. The second kappa shape index (κ2) is 7.05. The highest BCUT2D eigenvalue weighted by Gasteiger charge is 2.35.